The maximum absolute atomic E-state index is 11.7. The van der Waals surface area contributed by atoms with Gasteiger partial charge in [0.2, 0.25) is 5.91 Å². The maximum atomic E-state index is 11.7. The molecule has 6 heteroatoms. The molecule has 1 aliphatic carbocycles. The molecule has 0 unspecified atom stereocenters. The van der Waals surface area contributed by atoms with E-state index in [1.165, 1.54) is 31.3 Å². The molecule has 0 radical (unpaired) electrons. The largest absolute Gasteiger partial charge is 0.465 e. The lowest BCUT2D eigenvalue weighted by Gasteiger charge is -2.06. The first kappa shape index (κ1) is 13.0. The van der Waals surface area contributed by atoms with Crippen molar-refractivity contribution in [2.75, 3.05) is 19.0 Å². The Labute approximate surface area is 110 Å². The van der Waals surface area contributed by atoms with Crippen LogP contribution >= 0.6 is 11.3 Å². The van der Waals surface area contributed by atoms with Gasteiger partial charge in [-0.15, -0.1) is 11.3 Å². The van der Waals surface area contributed by atoms with Gasteiger partial charge in [-0.1, -0.05) is 0 Å². The number of esters is 1. The number of hydrogen-bond donors (Lipinski definition) is 2. The molecule has 0 saturated heterocycles. The van der Waals surface area contributed by atoms with Gasteiger partial charge in [0.1, 0.15) is 4.88 Å². The number of rotatable bonds is 6. The molecule has 0 spiro atoms. The minimum absolute atomic E-state index is 0.0910. The fourth-order valence-corrected chi connectivity index (χ4v) is 2.31. The van der Waals surface area contributed by atoms with Crippen molar-refractivity contribution < 1.29 is 14.3 Å². The van der Waals surface area contributed by atoms with Gasteiger partial charge in [0.15, 0.2) is 0 Å². The molecular weight excluding hydrogens is 252 g/mol. The summed E-state index contributed by atoms with van der Waals surface area (Å²) in [6.45, 7) is 0.675. The van der Waals surface area contributed by atoms with Crippen molar-refractivity contribution in [3.8, 4) is 0 Å². The van der Waals surface area contributed by atoms with Crippen molar-refractivity contribution in [1.29, 1.82) is 0 Å². The molecule has 1 aliphatic rings. The molecule has 2 rings (SSSR count). The third-order valence-electron chi connectivity index (χ3n) is 2.67. The minimum Gasteiger partial charge on any atom is -0.465 e. The lowest BCUT2D eigenvalue weighted by atomic mass is 10.3. The van der Waals surface area contributed by atoms with Gasteiger partial charge in [0.05, 0.1) is 12.8 Å². The van der Waals surface area contributed by atoms with Crippen LogP contribution in [0.4, 0.5) is 5.69 Å². The first-order valence-electron chi connectivity index (χ1n) is 5.89. The first-order valence-corrected chi connectivity index (χ1v) is 6.77. The topological polar surface area (TPSA) is 67.4 Å². The van der Waals surface area contributed by atoms with Gasteiger partial charge in [-0.25, -0.2) is 4.79 Å². The standard InChI is InChI=1S/C12H16N2O3S/c1-17-12(16)11-9(5-7-18-11)14-10(15)4-6-13-8-2-3-8/h5,7-8,13H,2-4,6H2,1H3,(H,14,15). The molecule has 2 N–H and O–H groups in total. The van der Waals surface area contributed by atoms with Gasteiger partial charge in [0.25, 0.3) is 0 Å². The Morgan fingerprint density at radius 3 is 2.94 bits per heavy atom. The van der Waals surface area contributed by atoms with Gasteiger partial charge in [0, 0.05) is 19.0 Å². The second-order valence-electron chi connectivity index (χ2n) is 4.18. The van der Waals surface area contributed by atoms with E-state index in [0.29, 0.717) is 29.6 Å². The molecular formula is C12H16N2O3S. The van der Waals surface area contributed by atoms with Crippen molar-refractivity contribution >= 4 is 28.9 Å². The molecule has 1 amide bonds. The first-order chi connectivity index (χ1) is 8.70. The number of anilines is 1. The molecule has 1 aromatic rings. The summed E-state index contributed by atoms with van der Waals surface area (Å²) >= 11 is 1.26. The van der Waals surface area contributed by atoms with Crippen LogP contribution in [0.2, 0.25) is 0 Å². The summed E-state index contributed by atoms with van der Waals surface area (Å²) in [5, 5.41) is 7.75. The van der Waals surface area contributed by atoms with Gasteiger partial charge in [-0.2, -0.15) is 0 Å². The van der Waals surface area contributed by atoms with Crippen LogP contribution in [0.15, 0.2) is 11.4 Å². The summed E-state index contributed by atoms with van der Waals surface area (Å²) in [6, 6.07) is 2.31. The van der Waals surface area contributed by atoms with Crippen LogP contribution in [0.5, 0.6) is 0 Å². The average Bonchev–Trinajstić information content (AvgIpc) is 3.07. The lowest BCUT2D eigenvalue weighted by molar-refractivity contribution is -0.116. The van der Waals surface area contributed by atoms with Crippen LogP contribution < -0.4 is 10.6 Å². The van der Waals surface area contributed by atoms with Crippen molar-refractivity contribution in [3.05, 3.63) is 16.3 Å². The number of hydrogen-bond acceptors (Lipinski definition) is 5. The Hall–Kier alpha value is -1.40. The highest BCUT2D eigenvalue weighted by atomic mass is 32.1. The summed E-state index contributed by atoms with van der Waals surface area (Å²) in [5.74, 6) is -0.511. The van der Waals surface area contributed by atoms with Crippen molar-refractivity contribution in [2.45, 2.75) is 25.3 Å². The summed E-state index contributed by atoms with van der Waals surface area (Å²) in [4.78, 5) is 23.5. The molecule has 1 saturated carbocycles. The van der Waals surface area contributed by atoms with Crippen LogP contribution in [0.25, 0.3) is 0 Å². The zero-order valence-corrected chi connectivity index (χ0v) is 11.0. The Morgan fingerprint density at radius 2 is 2.28 bits per heavy atom. The van der Waals surface area contributed by atoms with E-state index >= 15 is 0 Å². The minimum atomic E-state index is -0.420. The number of thiophene rings is 1. The predicted octanol–water partition coefficient (Wildman–Crippen LogP) is 1.62. The van der Waals surface area contributed by atoms with E-state index in [1.54, 1.807) is 11.4 Å². The number of amides is 1. The van der Waals surface area contributed by atoms with E-state index in [0.717, 1.165) is 0 Å². The van der Waals surface area contributed by atoms with Crippen LogP contribution in [0, 0.1) is 0 Å². The van der Waals surface area contributed by atoms with Crippen LogP contribution in [-0.2, 0) is 9.53 Å². The molecule has 0 aliphatic heterocycles. The Balaban J connectivity index is 1.82. The number of carbonyl (C=O) groups is 2. The fraction of sp³-hybridized carbons (Fsp3) is 0.500. The fourth-order valence-electron chi connectivity index (χ4n) is 1.55. The van der Waals surface area contributed by atoms with Crippen LogP contribution in [0.3, 0.4) is 0 Å². The van der Waals surface area contributed by atoms with E-state index in [9.17, 15) is 9.59 Å². The van der Waals surface area contributed by atoms with E-state index in [4.69, 9.17) is 0 Å². The molecule has 0 aromatic carbocycles. The maximum Gasteiger partial charge on any atom is 0.350 e. The lowest BCUT2D eigenvalue weighted by Crippen LogP contribution is -2.23. The van der Waals surface area contributed by atoms with E-state index in [1.807, 2.05) is 0 Å². The van der Waals surface area contributed by atoms with Gasteiger partial charge in [-0.3, -0.25) is 4.79 Å². The third-order valence-corrected chi connectivity index (χ3v) is 3.57. The highest BCUT2D eigenvalue weighted by molar-refractivity contribution is 7.12. The summed E-state index contributed by atoms with van der Waals surface area (Å²) < 4.78 is 4.65. The Kier molecular flexibility index (Phi) is 4.33. The Morgan fingerprint density at radius 1 is 1.50 bits per heavy atom. The van der Waals surface area contributed by atoms with Gasteiger partial charge < -0.3 is 15.4 Å². The van der Waals surface area contributed by atoms with E-state index in [-0.39, 0.29) is 5.91 Å². The SMILES string of the molecule is COC(=O)c1sccc1NC(=O)CCNC1CC1. The predicted molar refractivity (Wildman–Crippen MR) is 69.9 cm³/mol. The molecule has 0 bridgehead atoms. The molecule has 98 valence electrons. The second kappa shape index (κ2) is 5.97. The van der Waals surface area contributed by atoms with E-state index < -0.39 is 5.97 Å². The number of carbonyl (C=O) groups excluding carboxylic acids is 2. The highest BCUT2D eigenvalue weighted by Gasteiger charge is 2.20. The molecule has 5 nitrogen and oxygen atoms in total. The number of methoxy groups -OCH3 is 1. The summed E-state index contributed by atoms with van der Waals surface area (Å²) in [6.07, 6.45) is 2.82. The normalized spacial score (nSPS) is 14.3. The molecule has 1 heterocycles. The number of nitrogens with one attached hydrogen (secondary N) is 2. The van der Waals surface area contributed by atoms with Crippen molar-refractivity contribution in [1.82, 2.24) is 5.32 Å². The quantitative estimate of drug-likeness (QED) is 0.769. The zero-order chi connectivity index (χ0) is 13.0. The van der Waals surface area contributed by atoms with Crippen LogP contribution in [-0.4, -0.2) is 31.6 Å². The van der Waals surface area contributed by atoms with Gasteiger partial charge >= 0.3 is 5.97 Å². The molecule has 1 aromatic heterocycles. The highest BCUT2D eigenvalue weighted by Crippen LogP contribution is 2.23. The Bertz CT molecular complexity index is 440. The van der Waals surface area contributed by atoms with Crippen molar-refractivity contribution in [2.24, 2.45) is 0 Å². The molecule has 1 fully saturated rings. The second-order valence-corrected chi connectivity index (χ2v) is 5.10. The smallest absolute Gasteiger partial charge is 0.350 e. The summed E-state index contributed by atoms with van der Waals surface area (Å²) in [5.41, 5.74) is 0.531. The monoisotopic (exact) mass is 268 g/mol. The average molecular weight is 268 g/mol. The van der Waals surface area contributed by atoms with Crippen molar-refractivity contribution in [3.63, 3.8) is 0 Å². The van der Waals surface area contributed by atoms with Crippen LogP contribution in [0.1, 0.15) is 28.9 Å². The molecule has 0 atom stereocenters. The number of ether oxygens (including phenoxy) is 1. The zero-order valence-electron chi connectivity index (χ0n) is 10.2. The third kappa shape index (κ3) is 3.54. The molecule has 18 heavy (non-hydrogen) atoms. The summed E-state index contributed by atoms with van der Waals surface area (Å²) in [7, 11) is 1.33. The van der Waals surface area contributed by atoms with Gasteiger partial charge in [-0.05, 0) is 24.3 Å². The van der Waals surface area contributed by atoms with E-state index in [2.05, 4.69) is 15.4 Å².